The molecule has 4 aromatic rings. The zero-order valence-corrected chi connectivity index (χ0v) is 16.3. The molecule has 146 valence electrons. The lowest BCUT2D eigenvalue weighted by atomic mass is 10.1. The van der Waals surface area contributed by atoms with Gasteiger partial charge in [0.1, 0.15) is 5.82 Å². The van der Waals surface area contributed by atoms with Crippen molar-refractivity contribution in [3.05, 3.63) is 89.5 Å². The highest BCUT2D eigenvalue weighted by atomic mass is 35.5. The van der Waals surface area contributed by atoms with Crippen molar-refractivity contribution in [2.45, 2.75) is 13.3 Å². The number of nitrogens with zero attached hydrogens (tertiary/aromatic N) is 4. The van der Waals surface area contributed by atoms with Crippen molar-refractivity contribution < 1.29 is 9.18 Å². The van der Waals surface area contributed by atoms with E-state index in [4.69, 9.17) is 11.6 Å². The van der Waals surface area contributed by atoms with Gasteiger partial charge in [-0.05, 0) is 42.8 Å². The Morgan fingerprint density at radius 3 is 2.79 bits per heavy atom. The SMILES string of the molecule is CCc1c(C(=O)Nc2ccc(-n3ccnc3)c(F)c2)cnn1-c1cccc(Cl)c1. The molecule has 8 heteroatoms. The van der Waals surface area contributed by atoms with Gasteiger partial charge in [-0.15, -0.1) is 0 Å². The van der Waals surface area contributed by atoms with Crippen LogP contribution < -0.4 is 5.32 Å². The normalized spacial score (nSPS) is 10.9. The van der Waals surface area contributed by atoms with Crippen LogP contribution in [-0.4, -0.2) is 25.2 Å². The molecule has 6 nitrogen and oxygen atoms in total. The van der Waals surface area contributed by atoms with Crippen LogP contribution in [0.15, 0.2) is 67.4 Å². The topological polar surface area (TPSA) is 64.7 Å². The molecule has 0 saturated heterocycles. The fraction of sp³-hybridized carbons (Fsp3) is 0.0952. The molecule has 0 saturated carbocycles. The van der Waals surface area contributed by atoms with Gasteiger partial charge in [-0.2, -0.15) is 5.10 Å². The van der Waals surface area contributed by atoms with Gasteiger partial charge >= 0.3 is 0 Å². The Kier molecular flexibility index (Phi) is 5.14. The number of rotatable bonds is 5. The number of imidazole rings is 1. The highest BCUT2D eigenvalue weighted by molar-refractivity contribution is 6.30. The first-order valence-electron chi connectivity index (χ1n) is 8.99. The Balaban J connectivity index is 1.60. The molecule has 2 aromatic heterocycles. The van der Waals surface area contributed by atoms with Crippen molar-refractivity contribution >= 4 is 23.2 Å². The maximum absolute atomic E-state index is 14.4. The van der Waals surface area contributed by atoms with Gasteiger partial charge in [0, 0.05) is 23.1 Å². The minimum atomic E-state index is -0.467. The second kappa shape index (κ2) is 7.89. The standard InChI is InChI=1S/C21H17ClFN5O/c1-2-19-17(12-25-28(19)16-5-3-4-14(22)10-16)21(29)26-15-6-7-20(18(23)11-15)27-9-8-24-13-27/h3-13H,2H2,1H3,(H,26,29). The van der Waals surface area contributed by atoms with E-state index in [-0.39, 0.29) is 5.91 Å². The number of hydrogen-bond acceptors (Lipinski definition) is 3. The number of amides is 1. The van der Waals surface area contributed by atoms with E-state index < -0.39 is 5.82 Å². The van der Waals surface area contributed by atoms with Crippen LogP contribution in [0.1, 0.15) is 23.0 Å². The highest BCUT2D eigenvalue weighted by Gasteiger charge is 2.18. The summed E-state index contributed by atoms with van der Waals surface area (Å²) < 4.78 is 17.7. The lowest BCUT2D eigenvalue weighted by Crippen LogP contribution is -2.14. The monoisotopic (exact) mass is 409 g/mol. The van der Waals surface area contributed by atoms with Gasteiger partial charge in [-0.25, -0.2) is 14.1 Å². The predicted molar refractivity (Wildman–Crippen MR) is 109 cm³/mol. The molecular weight excluding hydrogens is 393 g/mol. The molecule has 1 N–H and O–H groups in total. The second-order valence-electron chi connectivity index (χ2n) is 6.34. The highest BCUT2D eigenvalue weighted by Crippen LogP contribution is 2.22. The molecule has 1 amide bonds. The third kappa shape index (κ3) is 3.77. The third-order valence-electron chi connectivity index (χ3n) is 4.49. The van der Waals surface area contributed by atoms with E-state index in [1.54, 1.807) is 45.9 Å². The van der Waals surface area contributed by atoms with Gasteiger partial charge in [-0.3, -0.25) is 4.79 Å². The minimum Gasteiger partial charge on any atom is -0.322 e. The number of nitrogens with one attached hydrogen (secondary N) is 1. The summed E-state index contributed by atoms with van der Waals surface area (Å²) in [6, 6.07) is 11.7. The quantitative estimate of drug-likeness (QED) is 0.521. The summed E-state index contributed by atoms with van der Waals surface area (Å²) in [4.78, 5) is 16.7. The fourth-order valence-electron chi connectivity index (χ4n) is 3.13. The Labute approximate surface area is 171 Å². The number of hydrogen-bond donors (Lipinski definition) is 1. The molecule has 2 heterocycles. The molecule has 0 atom stereocenters. The molecule has 0 aliphatic rings. The van der Waals surface area contributed by atoms with Gasteiger partial charge in [0.25, 0.3) is 5.91 Å². The summed E-state index contributed by atoms with van der Waals surface area (Å²) in [5.74, 6) is -0.823. The Bertz CT molecular complexity index is 1170. The van der Waals surface area contributed by atoms with Crippen LogP contribution in [0.5, 0.6) is 0 Å². The Morgan fingerprint density at radius 2 is 2.10 bits per heavy atom. The van der Waals surface area contributed by atoms with E-state index in [1.807, 2.05) is 19.1 Å². The van der Waals surface area contributed by atoms with Crippen LogP contribution in [0.25, 0.3) is 11.4 Å². The average Bonchev–Trinajstić information content (AvgIpc) is 3.38. The average molecular weight is 410 g/mol. The molecule has 4 rings (SSSR count). The Morgan fingerprint density at radius 1 is 1.24 bits per heavy atom. The fourth-order valence-corrected chi connectivity index (χ4v) is 3.31. The largest absolute Gasteiger partial charge is 0.322 e. The van der Waals surface area contributed by atoms with E-state index in [0.29, 0.717) is 28.4 Å². The summed E-state index contributed by atoms with van der Waals surface area (Å²) in [7, 11) is 0. The lowest BCUT2D eigenvalue weighted by Gasteiger charge is -2.10. The Hall–Kier alpha value is -3.45. The smallest absolute Gasteiger partial charge is 0.259 e. The van der Waals surface area contributed by atoms with Crippen molar-refractivity contribution in [1.82, 2.24) is 19.3 Å². The van der Waals surface area contributed by atoms with Crippen molar-refractivity contribution in [2.24, 2.45) is 0 Å². The third-order valence-corrected chi connectivity index (χ3v) is 4.72. The minimum absolute atomic E-state index is 0.350. The van der Waals surface area contributed by atoms with E-state index in [1.165, 1.54) is 18.6 Å². The molecule has 0 spiro atoms. The molecule has 0 unspecified atom stereocenters. The summed E-state index contributed by atoms with van der Waals surface area (Å²) in [5, 5.41) is 7.66. The van der Waals surface area contributed by atoms with Gasteiger partial charge in [0.2, 0.25) is 0 Å². The number of carbonyl (C=O) groups is 1. The summed E-state index contributed by atoms with van der Waals surface area (Å²) in [6.45, 7) is 1.94. The number of benzene rings is 2. The zero-order chi connectivity index (χ0) is 20.4. The molecule has 29 heavy (non-hydrogen) atoms. The lowest BCUT2D eigenvalue weighted by molar-refractivity contribution is 0.102. The van der Waals surface area contributed by atoms with Crippen LogP contribution in [0, 0.1) is 5.82 Å². The number of aromatic nitrogens is 4. The predicted octanol–water partition coefficient (Wildman–Crippen LogP) is 4.67. The first-order valence-corrected chi connectivity index (χ1v) is 9.36. The maximum atomic E-state index is 14.4. The van der Waals surface area contributed by atoms with Crippen LogP contribution in [-0.2, 0) is 6.42 Å². The van der Waals surface area contributed by atoms with E-state index in [9.17, 15) is 9.18 Å². The van der Waals surface area contributed by atoms with Crippen LogP contribution in [0.2, 0.25) is 5.02 Å². The first kappa shape index (κ1) is 18.9. The van der Waals surface area contributed by atoms with Crippen LogP contribution >= 0.6 is 11.6 Å². The molecule has 0 fully saturated rings. The molecule has 0 aliphatic heterocycles. The molecule has 0 aliphatic carbocycles. The molecule has 2 aromatic carbocycles. The van der Waals surface area contributed by atoms with Crippen molar-refractivity contribution in [2.75, 3.05) is 5.32 Å². The van der Waals surface area contributed by atoms with Crippen molar-refractivity contribution in [3.63, 3.8) is 0 Å². The van der Waals surface area contributed by atoms with Gasteiger partial charge < -0.3 is 9.88 Å². The van der Waals surface area contributed by atoms with Crippen molar-refractivity contribution in [1.29, 1.82) is 0 Å². The van der Waals surface area contributed by atoms with Gasteiger partial charge in [-0.1, -0.05) is 24.6 Å². The van der Waals surface area contributed by atoms with Crippen molar-refractivity contribution in [3.8, 4) is 11.4 Å². The first-order chi connectivity index (χ1) is 14.1. The summed E-state index contributed by atoms with van der Waals surface area (Å²) in [6.07, 6.45) is 6.82. The van der Waals surface area contributed by atoms with Gasteiger partial charge in [0.05, 0.1) is 35.2 Å². The van der Waals surface area contributed by atoms with Crippen LogP contribution in [0.3, 0.4) is 0 Å². The molecular formula is C21H17ClFN5O. The number of anilines is 1. The van der Waals surface area contributed by atoms with Crippen LogP contribution in [0.4, 0.5) is 10.1 Å². The zero-order valence-electron chi connectivity index (χ0n) is 15.5. The second-order valence-corrected chi connectivity index (χ2v) is 6.78. The number of halogens is 2. The maximum Gasteiger partial charge on any atom is 0.259 e. The van der Waals surface area contributed by atoms with E-state index >= 15 is 0 Å². The molecule has 0 radical (unpaired) electrons. The summed E-state index contributed by atoms with van der Waals surface area (Å²) in [5.41, 5.74) is 2.63. The van der Waals surface area contributed by atoms with Gasteiger partial charge in [0.15, 0.2) is 0 Å². The summed E-state index contributed by atoms with van der Waals surface area (Å²) >= 11 is 6.07. The number of carbonyl (C=O) groups excluding carboxylic acids is 1. The van der Waals surface area contributed by atoms with E-state index in [0.717, 1.165) is 11.4 Å². The molecule has 0 bridgehead atoms. The van der Waals surface area contributed by atoms with E-state index in [2.05, 4.69) is 15.4 Å².